The Morgan fingerprint density at radius 1 is 1.30 bits per heavy atom. The lowest BCUT2D eigenvalue weighted by Crippen LogP contribution is -2.44. The van der Waals surface area contributed by atoms with E-state index in [0.29, 0.717) is 13.2 Å². The van der Waals surface area contributed by atoms with Crippen molar-refractivity contribution in [1.29, 1.82) is 0 Å². The van der Waals surface area contributed by atoms with Gasteiger partial charge in [0.1, 0.15) is 0 Å². The van der Waals surface area contributed by atoms with Crippen LogP contribution in [0.2, 0.25) is 0 Å². The van der Waals surface area contributed by atoms with Gasteiger partial charge in [-0.3, -0.25) is 0 Å². The maximum absolute atomic E-state index is 11.9. The molecule has 0 spiro atoms. The number of piperidine rings is 1. The fraction of sp³-hybridized carbons (Fsp3) is 0.438. The van der Waals surface area contributed by atoms with Gasteiger partial charge in [-0.1, -0.05) is 42.0 Å². The Morgan fingerprint density at radius 3 is 2.65 bits per heavy atom. The monoisotopic (exact) mass is 274 g/mol. The highest BCUT2D eigenvalue weighted by Gasteiger charge is 2.18. The molecule has 0 bridgehead atoms. The van der Waals surface area contributed by atoms with E-state index in [1.54, 1.807) is 7.11 Å². The van der Waals surface area contributed by atoms with Crippen LogP contribution in [-0.2, 0) is 4.74 Å². The zero-order valence-corrected chi connectivity index (χ0v) is 12.0. The molecule has 20 heavy (non-hydrogen) atoms. The molecule has 1 fully saturated rings. The second-order valence-corrected chi connectivity index (χ2v) is 4.93. The number of nitrogens with one attached hydrogen (secondary N) is 1. The van der Waals surface area contributed by atoms with Crippen LogP contribution < -0.4 is 5.32 Å². The minimum absolute atomic E-state index is 0.0146. The van der Waals surface area contributed by atoms with Gasteiger partial charge in [0, 0.05) is 26.7 Å². The van der Waals surface area contributed by atoms with E-state index in [-0.39, 0.29) is 6.03 Å². The van der Waals surface area contributed by atoms with Gasteiger partial charge in [0.05, 0.1) is 6.61 Å². The van der Waals surface area contributed by atoms with E-state index in [1.807, 2.05) is 23.1 Å². The van der Waals surface area contributed by atoms with Crippen molar-refractivity contribution in [1.82, 2.24) is 10.2 Å². The summed E-state index contributed by atoms with van der Waals surface area (Å²) in [5.41, 5.74) is 2.65. The van der Waals surface area contributed by atoms with Crippen molar-refractivity contribution >= 4 is 12.1 Å². The van der Waals surface area contributed by atoms with Crippen LogP contribution in [0.5, 0.6) is 0 Å². The van der Waals surface area contributed by atoms with Gasteiger partial charge >= 0.3 is 6.03 Å². The number of amides is 2. The smallest absolute Gasteiger partial charge is 0.317 e. The molecule has 1 saturated heterocycles. The van der Waals surface area contributed by atoms with E-state index in [9.17, 15) is 4.79 Å². The van der Waals surface area contributed by atoms with Crippen LogP contribution in [0, 0.1) is 0 Å². The number of rotatable bonds is 4. The lowest BCUT2D eigenvalue weighted by Gasteiger charge is -2.28. The number of methoxy groups -OCH3 is 1. The third kappa shape index (κ3) is 4.38. The summed E-state index contributed by atoms with van der Waals surface area (Å²) in [7, 11) is 1.63. The maximum Gasteiger partial charge on any atom is 0.317 e. The van der Waals surface area contributed by atoms with E-state index >= 15 is 0 Å². The molecule has 0 radical (unpaired) electrons. The fourth-order valence-electron chi connectivity index (χ4n) is 2.30. The van der Waals surface area contributed by atoms with Crippen LogP contribution in [0.15, 0.2) is 35.9 Å². The molecule has 1 N–H and O–H groups in total. The molecule has 0 aliphatic carbocycles. The molecule has 1 aliphatic rings. The SMILES string of the molecule is COCCNC(=O)N1CCC(=Cc2ccccc2)CC1. The molecule has 2 rings (SSSR count). The predicted octanol–water partition coefficient (Wildman–Crippen LogP) is 2.52. The van der Waals surface area contributed by atoms with Crippen LogP contribution in [0.1, 0.15) is 18.4 Å². The molecule has 0 saturated carbocycles. The number of hydrogen-bond donors (Lipinski definition) is 1. The van der Waals surface area contributed by atoms with E-state index in [2.05, 4.69) is 23.5 Å². The second kappa shape index (κ2) is 7.70. The average molecular weight is 274 g/mol. The van der Waals surface area contributed by atoms with E-state index in [1.165, 1.54) is 11.1 Å². The molecule has 0 unspecified atom stereocenters. The van der Waals surface area contributed by atoms with Crippen molar-refractivity contribution < 1.29 is 9.53 Å². The van der Waals surface area contributed by atoms with Crippen molar-refractivity contribution in [2.24, 2.45) is 0 Å². The first-order valence-electron chi connectivity index (χ1n) is 7.06. The minimum atomic E-state index is 0.0146. The van der Waals surface area contributed by atoms with E-state index < -0.39 is 0 Å². The van der Waals surface area contributed by atoms with Crippen LogP contribution in [0.25, 0.3) is 6.08 Å². The number of nitrogens with zero attached hydrogens (tertiary/aromatic N) is 1. The average Bonchev–Trinajstić information content (AvgIpc) is 2.49. The Morgan fingerprint density at radius 2 is 2.00 bits per heavy atom. The lowest BCUT2D eigenvalue weighted by molar-refractivity contribution is 0.177. The summed E-state index contributed by atoms with van der Waals surface area (Å²) in [6, 6.07) is 10.3. The molecule has 4 heteroatoms. The number of urea groups is 1. The zero-order valence-electron chi connectivity index (χ0n) is 12.0. The first kappa shape index (κ1) is 14.6. The molecular weight excluding hydrogens is 252 g/mol. The van der Waals surface area contributed by atoms with E-state index in [0.717, 1.165) is 25.9 Å². The summed E-state index contributed by atoms with van der Waals surface area (Å²) in [5.74, 6) is 0. The molecule has 2 amide bonds. The van der Waals surface area contributed by atoms with Crippen LogP contribution in [0.4, 0.5) is 4.79 Å². The normalized spacial score (nSPS) is 15.1. The lowest BCUT2D eigenvalue weighted by atomic mass is 10.0. The Kier molecular flexibility index (Phi) is 5.62. The molecule has 4 nitrogen and oxygen atoms in total. The summed E-state index contributed by atoms with van der Waals surface area (Å²) in [5, 5.41) is 2.86. The van der Waals surface area contributed by atoms with Crippen molar-refractivity contribution in [3.63, 3.8) is 0 Å². The first-order valence-corrected chi connectivity index (χ1v) is 7.06. The Bertz CT molecular complexity index is 447. The van der Waals surface area contributed by atoms with E-state index in [4.69, 9.17) is 4.74 Å². The summed E-state index contributed by atoms with van der Waals surface area (Å²) in [6.45, 7) is 2.70. The molecule has 1 heterocycles. The number of hydrogen-bond acceptors (Lipinski definition) is 2. The highest BCUT2D eigenvalue weighted by Crippen LogP contribution is 2.19. The van der Waals surface area contributed by atoms with Crippen molar-refractivity contribution in [3.05, 3.63) is 41.5 Å². The van der Waals surface area contributed by atoms with Crippen molar-refractivity contribution in [3.8, 4) is 0 Å². The largest absolute Gasteiger partial charge is 0.383 e. The Balaban J connectivity index is 1.80. The van der Waals surface area contributed by atoms with Gasteiger partial charge in [-0.2, -0.15) is 0 Å². The third-order valence-electron chi connectivity index (χ3n) is 3.45. The highest BCUT2D eigenvalue weighted by atomic mass is 16.5. The van der Waals surface area contributed by atoms with Gasteiger partial charge in [-0.25, -0.2) is 4.79 Å². The number of benzene rings is 1. The van der Waals surface area contributed by atoms with Gasteiger partial charge < -0.3 is 15.0 Å². The standard InChI is InChI=1S/C16H22N2O2/c1-20-12-9-17-16(19)18-10-7-15(8-11-18)13-14-5-3-2-4-6-14/h2-6,13H,7-12H2,1H3,(H,17,19). The zero-order chi connectivity index (χ0) is 14.2. The molecule has 0 atom stereocenters. The number of carbonyl (C=O) groups is 1. The maximum atomic E-state index is 11.9. The summed E-state index contributed by atoms with van der Waals surface area (Å²) < 4.78 is 4.92. The molecular formula is C16H22N2O2. The van der Waals surface area contributed by atoms with Crippen molar-refractivity contribution in [2.45, 2.75) is 12.8 Å². The van der Waals surface area contributed by atoms with Crippen LogP contribution in [0.3, 0.4) is 0 Å². The highest BCUT2D eigenvalue weighted by molar-refractivity contribution is 5.74. The number of likely N-dealkylation sites (tertiary alicyclic amines) is 1. The number of carbonyl (C=O) groups excluding carboxylic acids is 1. The van der Waals surface area contributed by atoms with Gasteiger partial charge in [0.15, 0.2) is 0 Å². The molecule has 1 aromatic rings. The molecule has 1 aliphatic heterocycles. The molecule has 0 aromatic heterocycles. The molecule has 108 valence electrons. The predicted molar refractivity (Wildman–Crippen MR) is 80.5 cm³/mol. The van der Waals surface area contributed by atoms with Gasteiger partial charge in [-0.05, 0) is 18.4 Å². The molecule has 1 aromatic carbocycles. The van der Waals surface area contributed by atoms with Gasteiger partial charge in [0.25, 0.3) is 0 Å². The second-order valence-electron chi connectivity index (χ2n) is 4.93. The number of ether oxygens (including phenoxy) is 1. The topological polar surface area (TPSA) is 41.6 Å². The van der Waals surface area contributed by atoms with Crippen LogP contribution >= 0.6 is 0 Å². The summed E-state index contributed by atoms with van der Waals surface area (Å²) in [6.07, 6.45) is 4.14. The Hall–Kier alpha value is -1.81. The third-order valence-corrected chi connectivity index (χ3v) is 3.45. The first-order chi connectivity index (χ1) is 9.79. The van der Waals surface area contributed by atoms with Gasteiger partial charge in [-0.15, -0.1) is 0 Å². The minimum Gasteiger partial charge on any atom is -0.383 e. The summed E-state index contributed by atoms with van der Waals surface area (Å²) >= 11 is 0. The van der Waals surface area contributed by atoms with Crippen molar-refractivity contribution in [2.75, 3.05) is 33.4 Å². The quantitative estimate of drug-likeness (QED) is 0.857. The summed E-state index contributed by atoms with van der Waals surface area (Å²) in [4.78, 5) is 13.8. The fourth-order valence-corrected chi connectivity index (χ4v) is 2.30. The Labute approximate surface area is 120 Å². The van der Waals surface area contributed by atoms with Gasteiger partial charge in [0.2, 0.25) is 0 Å². The van der Waals surface area contributed by atoms with Crippen LogP contribution in [-0.4, -0.2) is 44.3 Å².